The molecule has 100 valence electrons. The molecule has 0 amide bonds. The first-order chi connectivity index (χ1) is 9.11. The van der Waals surface area contributed by atoms with Crippen LogP contribution in [-0.2, 0) is 6.42 Å². The summed E-state index contributed by atoms with van der Waals surface area (Å²) in [5.41, 5.74) is 3.62. The molecule has 0 heterocycles. The average molecular weight is 283 g/mol. The maximum atomic E-state index is 13.9. The highest BCUT2D eigenvalue weighted by Crippen LogP contribution is 2.25. The maximum absolute atomic E-state index is 13.9. The van der Waals surface area contributed by atoms with Gasteiger partial charge in [0.15, 0.2) is 0 Å². The summed E-state index contributed by atoms with van der Waals surface area (Å²) in [4.78, 5) is 0. The van der Waals surface area contributed by atoms with Gasteiger partial charge >= 0.3 is 0 Å². The first-order valence-electron chi connectivity index (χ1n) is 5.76. The van der Waals surface area contributed by atoms with E-state index in [0.29, 0.717) is 12.0 Å². The van der Waals surface area contributed by atoms with Crippen LogP contribution < -0.4 is 11.3 Å². The molecule has 5 heteroatoms. The van der Waals surface area contributed by atoms with Crippen molar-refractivity contribution in [2.24, 2.45) is 5.84 Å². The first-order valence-corrected chi connectivity index (χ1v) is 6.14. The number of nitrogens with one attached hydrogen (secondary N) is 1. The molecule has 0 bridgehead atoms. The molecular weight excluding hydrogens is 270 g/mol. The standard InChI is InChI=1S/C14H13ClF2N2/c15-12-6-2-5-11(14(12)17)13(19-18)8-9-3-1-4-10(16)7-9/h1-7,13,19H,8,18H2. The van der Waals surface area contributed by atoms with Gasteiger partial charge < -0.3 is 0 Å². The van der Waals surface area contributed by atoms with Crippen molar-refractivity contribution in [1.29, 1.82) is 0 Å². The van der Waals surface area contributed by atoms with E-state index in [-0.39, 0.29) is 10.8 Å². The van der Waals surface area contributed by atoms with Crippen LogP contribution >= 0.6 is 11.6 Å². The second kappa shape index (κ2) is 6.10. The molecule has 1 unspecified atom stereocenters. The van der Waals surface area contributed by atoms with Gasteiger partial charge in [-0.2, -0.15) is 0 Å². The smallest absolute Gasteiger partial charge is 0.146 e. The van der Waals surface area contributed by atoms with Crippen molar-refractivity contribution >= 4 is 11.6 Å². The molecule has 0 spiro atoms. The molecule has 3 N–H and O–H groups in total. The molecule has 0 aliphatic rings. The van der Waals surface area contributed by atoms with Crippen molar-refractivity contribution in [3.63, 3.8) is 0 Å². The van der Waals surface area contributed by atoms with Crippen molar-refractivity contribution in [2.45, 2.75) is 12.5 Å². The third-order valence-corrected chi connectivity index (χ3v) is 3.18. The van der Waals surface area contributed by atoms with Crippen LogP contribution in [0, 0.1) is 11.6 Å². The van der Waals surface area contributed by atoms with Gasteiger partial charge in [-0.15, -0.1) is 0 Å². The zero-order valence-electron chi connectivity index (χ0n) is 10.0. The molecule has 2 aromatic carbocycles. The van der Waals surface area contributed by atoms with Gasteiger partial charge in [0.25, 0.3) is 0 Å². The van der Waals surface area contributed by atoms with Gasteiger partial charge in [-0.05, 0) is 30.2 Å². The van der Waals surface area contributed by atoms with Crippen molar-refractivity contribution in [1.82, 2.24) is 5.43 Å². The largest absolute Gasteiger partial charge is 0.271 e. The third kappa shape index (κ3) is 3.29. The number of hydrazine groups is 1. The van der Waals surface area contributed by atoms with E-state index < -0.39 is 11.9 Å². The van der Waals surface area contributed by atoms with Crippen LogP contribution in [0.25, 0.3) is 0 Å². The summed E-state index contributed by atoms with van der Waals surface area (Å²) in [6.07, 6.45) is 0.367. The van der Waals surface area contributed by atoms with Gasteiger partial charge in [-0.1, -0.05) is 35.9 Å². The van der Waals surface area contributed by atoms with Crippen LogP contribution in [0.1, 0.15) is 17.2 Å². The average Bonchev–Trinajstić information content (AvgIpc) is 2.40. The summed E-state index contributed by atoms with van der Waals surface area (Å²) in [6, 6.07) is 10.4. The molecular formula is C14H13ClF2N2. The highest BCUT2D eigenvalue weighted by molar-refractivity contribution is 6.30. The summed E-state index contributed by atoms with van der Waals surface area (Å²) in [5.74, 6) is 4.61. The number of rotatable bonds is 4. The summed E-state index contributed by atoms with van der Waals surface area (Å²) in [6.45, 7) is 0. The Morgan fingerprint density at radius 3 is 2.58 bits per heavy atom. The Labute approximate surface area is 115 Å². The van der Waals surface area contributed by atoms with Crippen LogP contribution in [0.4, 0.5) is 8.78 Å². The Balaban J connectivity index is 2.28. The molecule has 2 rings (SSSR count). The van der Waals surface area contributed by atoms with Gasteiger partial charge in [-0.3, -0.25) is 11.3 Å². The Hall–Kier alpha value is -1.49. The van der Waals surface area contributed by atoms with Crippen LogP contribution in [0.5, 0.6) is 0 Å². The predicted octanol–water partition coefficient (Wildman–Crippen LogP) is 3.37. The first kappa shape index (κ1) is 13.9. The zero-order valence-corrected chi connectivity index (χ0v) is 10.8. The Morgan fingerprint density at radius 1 is 1.16 bits per heavy atom. The Bertz CT molecular complexity index is 575. The van der Waals surface area contributed by atoms with E-state index in [2.05, 4.69) is 5.43 Å². The summed E-state index contributed by atoms with van der Waals surface area (Å²) in [5, 5.41) is 0.0389. The molecule has 0 radical (unpaired) electrons. The van der Waals surface area contributed by atoms with E-state index >= 15 is 0 Å². The summed E-state index contributed by atoms with van der Waals surface area (Å²) in [7, 11) is 0. The van der Waals surface area contributed by atoms with E-state index in [9.17, 15) is 8.78 Å². The van der Waals surface area contributed by atoms with Gasteiger partial charge in [-0.25, -0.2) is 8.78 Å². The lowest BCUT2D eigenvalue weighted by atomic mass is 9.99. The minimum absolute atomic E-state index is 0.0389. The van der Waals surface area contributed by atoms with E-state index in [0.717, 1.165) is 5.56 Å². The fourth-order valence-electron chi connectivity index (χ4n) is 1.95. The monoisotopic (exact) mass is 282 g/mol. The molecule has 0 aliphatic heterocycles. The van der Waals surface area contributed by atoms with Crippen molar-refractivity contribution in [3.05, 3.63) is 70.2 Å². The summed E-state index contributed by atoms with van der Waals surface area (Å²) < 4.78 is 27.0. The SMILES string of the molecule is NNC(Cc1cccc(F)c1)c1cccc(Cl)c1F. The lowest BCUT2D eigenvalue weighted by Crippen LogP contribution is -2.30. The van der Waals surface area contributed by atoms with Gasteiger partial charge in [0.05, 0.1) is 11.1 Å². The zero-order chi connectivity index (χ0) is 13.8. The quantitative estimate of drug-likeness (QED) is 0.666. The number of nitrogens with two attached hydrogens (primary N) is 1. The molecule has 0 saturated heterocycles. The van der Waals surface area contributed by atoms with Gasteiger partial charge in [0.1, 0.15) is 11.6 Å². The minimum Gasteiger partial charge on any atom is -0.271 e. The number of hydrogen-bond donors (Lipinski definition) is 2. The maximum Gasteiger partial charge on any atom is 0.146 e. The van der Waals surface area contributed by atoms with E-state index in [4.69, 9.17) is 17.4 Å². The van der Waals surface area contributed by atoms with E-state index in [1.165, 1.54) is 18.2 Å². The fraction of sp³-hybridized carbons (Fsp3) is 0.143. The van der Waals surface area contributed by atoms with E-state index in [1.807, 2.05) is 0 Å². The highest BCUT2D eigenvalue weighted by Gasteiger charge is 2.17. The minimum atomic E-state index is -0.511. The van der Waals surface area contributed by atoms with Gasteiger partial charge in [0, 0.05) is 5.56 Å². The van der Waals surface area contributed by atoms with Crippen molar-refractivity contribution in [3.8, 4) is 0 Å². The molecule has 0 aliphatic carbocycles. The normalized spacial score (nSPS) is 12.4. The molecule has 0 saturated carbocycles. The predicted molar refractivity (Wildman–Crippen MR) is 71.6 cm³/mol. The van der Waals surface area contributed by atoms with Gasteiger partial charge in [0.2, 0.25) is 0 Å². The molecule has 1 atom stereocenters. The lowest BCUT2D eigenvalue weighted by molar-refractivity contribution is 0.509. The van der Waals surface area contributed by atoms with Crippen molar-refractivity contribution < 1.29 is 8.78 Å². The third-order valence-electron chi connectivity index (χ3n) is 2.89. The van der Waals surface area contributed by atoms with Crippen LogP contribution in [-0.4, -0.2) is 0 Å². The highest BCUT2D eigenvalue weighted by atomic mass is 35.5. The lowest BCUT2D eigenvalue weighted by Gasteiger charge is -2.17. The number of halogens is 3. The topological polar surface area (TPSA) is 38.0 Å². The van der Waals surface area contributed by atoms with Crippen LogP contribution in [0.15, 0.2) is 42.5 Å². The number of benzene rings is 2. The Kier molecular flexibility index (Phi) is 4.47. The summed E-state index contributed by atoms with van der Waals surface area (Å²) >= 11 is 5.74. The van der Waals surface area contributed by atoms with Crippen LogP contribution in [0.3, 0.4) is 0 Å². The fourth-order valence-corrected chi connectivity index (χ4v) is 2.13. The van der Waals surface area contributed by atoms with Crippen molar-refractivity contribution in [2.75, 3.05) is 0 Å². The Morgan fingerprint density at radius 2 is 1.89 bits per heavy atom. The molecule has 2 aromatic rings. The number of hydrogen-bond acceptors (Lipinski definition) is 2. The van der Waals surface area contributed by atoms with E-state index in [1.54, 1.807) is 24.3 Å². The molecule has 0 fully saturated rings. The second-order valence-electron chi connectivity index (χ2n) is 4.20. The molecule has 0 aromatic heterocycles. The molecule has 19 heavy (non-hydrogen) atoms. The van der Waals surface area contributed by atoms with Crippen LogP contribution in [0.2, 0.25) is 5.02 Å². The second-order valence-corrected chi connectivity index (χ2v) is 4.60. The molecule has 2 nitrogen and oxygen atoms in total.